The van der Waals surface area contributed by atoms with Gasteiger partial charge in [-0.05, 0) is 38.3 Å². The van der Waals surface area contributed by atoms with Crippen LogP contribution in [0.1, 0.15) is 36.7 Å². The Hall–Kier alpha value is -1.82. The molecule has 3 rings (SSSR count). The highest BCUT2D eigenvalue weighted by atomic mass is 16.2. The van der Waals surface area contributed by atoms with Gasteiger partial charge < -0.3 is 14.4 Å². The van der Waals surface area contributed by atoms with E-state index in [-0.39, 0.29) is 11.8 Å². The van der Waals surface area contributed by atoms with E-state index in [2.05, 4.69) is 11.8 Å². The van der Waals surface area contributed by atoms with Crippen LogP contribution >= 0.6 is 0 Å². The van der Waals surface area contributed by atoms with Crippen molar-refractivity contribution in [1.29, 1.82) is 0 Å². The molecule has 1 aromatic rings. The Balaban J connectivity index is 1.49. The van der Waals surface area contributed by atoms with Gasteiger partial charge in [0.15, 0.2) is 0 Å². The predicted octanol–water partition coefficient (Wildman–Crippen LogP) is 1.18. The second kappa shape index (κ2) is 7.38. The van der Waals surface area contributed by atoms with Crippen LogP contribution < -0.4 is 0 Å². The molecule has 1 atom stereocenters. The first-order valence-corrected chi connectivity index (χ1v) is 8.98. The molecule has 2 saturated heterocycles. The SMILES string of the molecule is CC1CCCCN1C(=O)CN1CCN(C(=O)c2cccn2C)CC1. The number of piperidine rings is 1. The lowest BCUT2D eigenvalue weighted by atomic mass is 10.0. The summed E-state index contributed by atoms with van der Waals surface area (Å²) >= 11 is 0. The second-order valence-electron chi connectivity index (χ2n) is 7.00. The lowest BCUT2D eigenvalue weighted by molar-refractivity contribution is -0.136. The van der Waals surface area contributed by atoms with Gasteiger partial charge in [-0.1, -0.05) is 0 Å². The molecule has 2 aliphatic heterocycles. The molecule has 1 aromatic heterocycles. The highest BCUT2D eigenvalue weighted by Gasteiger charge is 2.28. The Morgan fingerprint density at radius 2 is 1.88 bits per heavy atom. The normalized spacial score (nSPS) is 22.7. The first-order valence-electron chi connectivity index (χ1n) is 8.98. The van der Waals surface area contributed by atoms with Crippen LogP contribution in [0, 0.1) is 0 Å². The molecule has 0 radical (unpaired) electrons. The Morgan fingerprint density at radius 3 is 2.50 bits per heavy atom. The van der Waals surface area contributed by atoms with Crippen molar-refractivity contribution < 1.29 is 9.59 Å². The molecule has 3 heterocycles. The van der Waals surface area contributed by atoms with Crippen molar-refractivity contribution in [3.05, 3.63) is 24.0 Å². The number of aryl methyl sites for hydroxylation is 1. The smallest absolute Gasteiger partial charge is 0.270 e. The van der Waals surface area contributed by atoms with Gasteiger partial charge in [-0.25, -0.2) is 0 Å². The van der Waals surface area contributed by atoms with Crippen molar-refractivity contribution in [2.24, 2.45) is 7.05 Å². The zero-order valence-corrected chi connectivity index (χ0v) is 14.8. The van der Waals surface area contributed by atoms with Crippen molar-refractivity contribution in [1.82, 2.24) is 19.3 Å². The minimum absolute atomic E-state index is 0.0816. The van der Waals surface area contributed by atoms with Gasteiger partial charge in [-0.2, -0.15) is 0 Å². The minimum Gasteiger partial charge on any atom is -0.347 e. The van der Waals surface area contributed by atoms with Crippen molar-refractivity contribution >= 4 is 11.8 Å². The van der Waals surface area contributed by atoms with Crippen LogP contribution in [-0.2, 0) is 11.8 Å². The first kappa shape index (κ1) is 17.0. The fourth-order valence-corrected chi connectivity index (χ4v) is 3.71. The van der Waals surface area contributed by atoms with Crippen molar-refractivity contribution in [2.75, 3.05) is 39.3 Å². The van der Waals surface area contributed by atoms with Crippen LogP contribution in [0.2, 0.25) is 0 Å². The summed E-state index contributed by atoms with van der Waals surface area (Å²) in [6, 6.07) is 4.12. The van der Waals surface area contributed by atoms with E-state index < -0.39 is 0 Å². The molecule has 2 amide bonds. The maximum absolute atomic E-state index is 12.5. The number of nitrogens with zero attached hydrogens (tertiary/aromatic N) is 4. The molecule has 24 heavy (non-hydrogen) atoms. The molecule has 6 nitrogen and oxygen atoms in total. The molecular weight excluding hydrogens is 304 g/mol. The van der Waals surface area contributed by atoms with E-state index in [0.717, 1.165) is 38.2 Å². The van der Waals surface area contributed by atoms with E-state index >= 15 is 0 Å². The van der Waals surface area contributed by atoms with E-state index in [1.165, 1.54) is 6.42 Å². The van der Waals surface area contributed by atoms with Gasteiger partial charge >= 0.3 is 0 Å². The number of rotatable bonds is 3. The summed E-state index contributed by atoms with van der Waals surface area (Å²) in [4.78, 5) is 31.1. The van der Waals surface area contributed by atoms with E-state index in [4.69, 9.17) is 0 Å². The van der Waals surface area contributed by atoms with Crippen LogP contribution in [0.3, 0.4) is 0 Å². The summed E-state index contributed by atoms with van der Waals surface area (Å²) in [6.07, 6.45) is 5.35. The molecule has 132 valence electrons. The molecule has 0 spiro atoms. The van der Waals surface area contributed by atoms with E-state index in [1.807, 2.05) is 39.7 Å². The molecule has 1 unspecified atom stereocenters. The maximum atomic E-state index is 12.5. The van der Waals surface area contributed by atoms with Crippen LogP contribution in [0.5, 0.6) is 0 Å². The van der Waals surface area contributed by atoms with Gasteiger partial charge in [0.1, 0.15) is 5.69 Å². The molecular formula is C18H28N4O2. The molecule has 0 aromatic carbocycles. The summed E-state index contributed by atoms with van der Waals surface area (Å²) in [6.45, 7) is 6.43. The summed E-state index contributed by atoms with van der Waals surface area (Å²) in [7, 11) is 1.89. The second-order valence-corrected chi connectivity index (χ2v) is 7.00. The van der Waals surface area contributed by atoms with Gasteiger partial charge in [0, 0.05) is 52.0 Å². The largest absolute Gasteiger partial charge is 0.347 e. The number of piperazine rings is 1. The lowest BCUT2D eigenvalue weighted by Gasteiger charge is -2.38. The maximum Gasteiger partial charge on any atom is 0.270 e. The van der Waals surface area contributed by atoms with Crippen molar-refractivity contribution in [2.45, 2.75) is 32.2 Å². The zero-order valence-electron chi connectivity index (χ0n) is 14.8. The number of hydrogen-bond acceptors (Lipinski definition) is 3. The zero-order chi connectivity index (χ0) is 17.1. The van der Waals surface area contributed by atoms with Crippen molar-refractivity contribution in [3.8, 4) is 0 Å². The Morgan fingerprint density at radius 1 is 1.12 bits per heavy atom. The quantitative estimate of drug-likeness (QED) is 0.835. The molecule has 0 N–H and O–H groups in total. The Bertz CT molecular complexity index is 590. The number of carbonyl (C=O) groups is 2. The molecule has 0 saturated carbocycles. The van der Waals surface area contributed by atoms with Crippen molar-refractivity contribution in [3.63, 3.8) is 0 Å². The van der Waals surface area contributed by atoms with Crippen LogP contribution in [0.15, 0.2) is 18.3 Å². The number of hydrogen-bond donors (Lipinski definition) is 0. The minimum atomic E-state index is 0.0816. The average molecular weight is 332 g/mol. The van der Waals surface area contributed by atoms with Crippen LogP contribution in [-0.4, -0.2) is 76.4 Å². The lowest BCUT2D eigenvalue weighted by Crippen LogP contribution is -2.53. The highest BCUT2D eigenvalue weighted by Crippen LogP contribution is 2.17. The Labute approximate surface area is 144 Å². The predicted molar refractivity (Wildman–Crippen MR) is 92.8 cm³/mol. The molecule has 6 heteroatoms. The fourth-order valence-electron chi connectivity index (χ4n) is 3.71. The first-order chi connectivity index (χ1) is 11.6. The van der Waals surface area contributed by atoms with E-state index in [1.54, 1.807) is 0 Å². The van der Waals surface area contributed by atoms with Gasteiger partial charge in [0.25, 0.3) is 5.91 Å². The third-order valence-electron chi connectivity index (χ3n) is 5.30. The summed E-state index contributed by atoms with van der Waals surface area (Å²) < 4.78 is 1.86. The summed E-state index contributed by atoms with van der Waals surface area (Å²) in [5, 5.41) is 0. The average Bonchev–Trinajstić information content (AvgIpc) is 3.01. The number of likely N-dealkylation sites (tertiary alicyclic amines) is 1. The molecule has 2 aliphatic rings. The molecule has 0 aliphatic carbocycles. The van der Waals surface area contributed by atoms with Gasteiger partial charge in [-0.15, -0.1) is 0 Å². The number of aromatic nitrogens is 1. The van der Waals surface area contributed by atoms with Gasteiger partial charge in [0.2, 0.25) is 5.91 Å². The number of carbonyl (C=O) groups excluding carboxylic acids is 2. The highest BCUT2D eigenvalue weighted by molar-refractivity contribution is 5.92. The molecule has 0 bridgehead atoms. The summed E-state index contributed by atoms with van der Waals surface area (Å²) in [5.74, 6) is 0.322. The van der Waals surface area contributed by atoms with E-state index in [0.29, 0.717) is 25.7 Å². The summed E-state index contributed by atoms with van der Waals surface area (Å²) in [5.41, 5.74) is 0.724. The third-order valence-corrected chi connectivity index (χ3v) is 5.30. The fraction of sp³-hybridized carbons (Fsp3) is 0.667. The number of amides is 2. The van der Waals surface area contributed by atoms with Crippen LogP contribution in [0.4, 0.5) is 0 Å². The third kappa shape index (κ3) is 3.64. The Kier molecular flexibility index (Phi) is 5.23. The monoisotopic (exact) mass is 332 g/mol. The van der Waals surface area contributed by atoms with Gasteiger partial charge in [-0.3, -0.25) is 14.5 Å². The van der Waals surface area contributed by atoms with E-state index in [9.17, 15) is 9.59 Å². The molecule has 2 fully saturated rings. The topological polar surface area (TPSA) is 48.8 Å². The van der Waals surface area contributed by atoms with Gasteiger partial charge in [0.05, 0.1) is 6.54 Å². The van der Waals surface area contributed by atoms with Crippen LogP contribution in [0.25, 0.3) is 0 Å². The standard InChI is InChI=1S/C18H28N4O2/c1-15-6-3-4-9-22(15)17(23)14-20-10-12-21(13-11-20)18(24)16-7-5-8-19(16)2/h5,7-8,15H,3-4,6,9-14H2,1-2H3.